The normalized spacial score (nSPS) is 11.6. The molecule has 1 aromatic heterocycles. The molecule has 0 atom stereocenters. The van der Waals surface area contributed by atoms with Crippen molar-refractivity contribution >= 4 is 16.6 Å². The lowest BCUT2D eigenvalue weighted by Crippen LogP contribution is -2.19. The van der Waals surface area contributed by atoms with Gasteiger partial charge in [-0.3, -0.25) is 5.84 Å². The van der Waals surface area contributed by atoms with Gasteiger partial charge in [0.1, 0.15) is 11.3 Å². The van der Waals surface area contributed by atoms with E-state index in [0.717, 1.165) is 28.0 Å². The highest BCUT2D eigenvalue weighted by Gasteiger charge is 2.21. The molecule has 0 bridgehead atoms. The number of para-hydroxylation sites is 1. The van der Waals surface area contributed by atoms with Crippen molar-refractivity contribution in [3.05, 3.63) is 30.0 Å². The predicted molar refractivity (Wildman–Crippen MR) is 74.8 cm³/mol. The maximum Gasteiger partial charge on any atom is 0.145 e. The van der Waals surface area contributed by atoms with Crippen molar-refractivity contribution in [2.45, 2.75) is 26.2 Å². The van der Waals surface area contributed by atoms with Crippen LogP contribution in [0.3, 0.4) is 0 Å². The van der Waals surface area contributed by atoms with E-state index in [1.807, 2.05) is 24.3 Å². The lowest BCUT2D eigenvalue weighted by atomic mass is 9.90. The van der Waals surface area contributed by atoms with Crippen LogP contribution in [0.2, 0.25) is 0 Å². The quantitative estimate of drug-likeness (QED) is 0.631. The molecule has 96 valence electrons. The molecule has 2 rings (SSSR count). The predicted octanol–water partition coefficient (Wildman–Crippen LogP) is 2.83. The first kappa shape index (κ1) is 12.6. The molecular weight excluding hydrogens is 226 g/mol. The van der Waals surface area contributed by atoms with Gasteiger partial charge in [-0.05, 0) is 12.1 Å². The van der Waals surface area contributed by atoms with Crippen LogP contribution in [0.25, 0.3) is 10.9 Å². The maximum atomic E-state index is 5.59. The summed E-state index contributed by atoms with van der Waals surface area (Å²) in [5.74, 6) is 6.37. The first-order valence-corrected chi connectivity index (χ1v) is 5.92. The Hall–Kier alpha value is -1.81. The molecule has 0 unspecified atom stereocenters. The van der Waals surface area contributed by atoms with E-state index in [-0.39, 0.29) is 5.41 Å². The Morgan fingerprint density at radius 3 is 2.56 bits per heavy atom. The van der Waals surface area contributed by atoms with E-state index in [2.05, 4.69) is 26.2 Å². The number of methoxy groups -OCH3 is 1. The Kier molecular flexibility index (Phi) is 3.13. The van der Waals surface area contributed by atoms with E-state index >= 15 is 0 Å². The summed E-state index contributed by atoms with van der Waals surface area (Å²) in [4.78, 5) is 4.72. The van der Waals surface area contributed by atoms with E-state index in [4.69, 9.17) is 15.6 Å². The Balaban J connectivity index is 2.78. The smallest absolute Gasteiger partial charge is 0.145 e. The minimum absolute atomic E-state index is 0.0866. The van der Waals surface area contributed by atoms with E-state index in [0.29, 0.717) is 0 Å². The molecule has 2 aromatic rings. The summed E-state index contributed by atoms with van der Waals surface area (Å²) >= 11 is 0. The molecule has 0 amide bonds. The zero-order chi connectivity index (χ0) is 13.3. The summed E-state index contributed by atoms with van der Waals surface area (Å²) in [5.41, 5.74) is 5.29. The van der Waals surface area contributed by atoms with Gasteiger partial charge >= 0.3 is 0 Å². The zero-order valence-electron chi connectivity index (χ0n) is 11.2. The van der Waals surface area contributed by atoms with Gasteiger partial charge < -0.3 is 10.2 Å². The minimum atomic E-state index is -0.0866. The van der Waals surface area contributed by atoms with E-state index < -0.39 is 0 Å². The van der Waals surface area contributed by atoms with Crippen molar-refractivity contribution in [1.82, 2.24) is 4.98 Å². The Labute approximate surface area is 107 Å². The third-order valence-corrected chi connectivity index (χ3v) is 2.89. The molecule has 0 saturated carbocycles. The lowest BCUT2D eigenvalue weighted by molar-refractivity contribution is 0.418. The van der Waals surface area contributed by atoms with Crippen LogP contribution in [0.4, 0.5) is 5.69 Å². The fraction of sp³-hybridized carbons (Fsp3) is 0.357. The Bertz CT molecular complexity index is 573. The second-order valence-electron chi connectivity index (χ2n) is 5.31. The van der Waals surface area contributed by atoms with Crippen molar-refractivity contribution in [2.75, 3.05) is 12.5 Å². The van der Waals surface area contributed by atoms with Gasteiger partial charge in [-0.15, -0.1) is 0 Å². The average Bonchev–Trinajstić information content (AvgIpc) is 2.35. The fourth-order valence-corrected chi connectivity index (χ4v) is 2.02. The number of pyridine rings is 1. The molecular formula is C14H19N3O. The number of nitrogens with one attached hydrogen (secondary N) is 1. The molecule has 0 radical (unpaired) electrons. The standard InChI is InChI=1S/C14H19N3O/c1-14(2,3)13-10(17-15)8-9-6-5-7-11(18-4)12(9)16-13/h5-8,17H,15H2,1-4H3. The molecule has 0 aliphatic rings. The van der Waals surface area contributed by atoms with Crippen LogP contribution in [0.15, 0.2) is 24.3 Å². The molecule has 3 N–H and O–H groups in total. The van der Waals surface area contributed by atoms with Gasteiger partial charge in [-0.2, -0.15) is 0 Å². The van der Waals surface area contributed by atoms with Crippen LogP contribution in [0, 0.1) is 0 Å². The lowest BCUT2D eigenvalue weighted by Gasteiger charge is -2.22. The van der Waals surface area contributed by atoms with Gasteiger partial charge in [0.05, 0.1) is 18.5 Å². The number of nitrogens with two attached hydrogens (primary N) is 1. The van der Waals surface area contributed by atoms with Gasteiger partial charge in [0.2, 0.25) is 0 Å². The number of nitrogens with zero attached hydrogens (tertiary/aromatic N) is 1. The van der Waals surface area contributed by atoms with Crippen molar-refractivity contribution < 1.29 is 4.74 Å². The van der Waals surface area contributed by atoms with Gasteiger partial charge in [0.15, 0.2) is 0 Å². The van der Waals surface area contributed by atoms with Crippen LogP contribution >= 0.6 is 0 Å². The molecule has 0 aliphatic carbocycles. The SMILES string of the molecule is COc1cccc2cc(NN)c(C(C)(C)C)nc12. The number of fused-ring (bicyclic) bond motifs is 1. The summed E-state index contributed by atoms with van der Waals surface area (Å²) in [7, 11) is 1.66. The molecule has 18 heavy (non-hydrogen) atoms. The second kappa shape index (κ2) is 4.46. The second-order valence-corrected chi connectivity index (χ2v) is 5.31. The first-order valence-electron chi connectivity index (χ1n) is 5.92. The Morgan fingerprint density at radius 2 is 2.00 bits per heavy atom. The van der Waals surface area contributed by atoms with Crippen LogP contribution < -0.4 is 16.0 Å². The number of rotatable bonds is 2. The largest absolute Gasteiger partial charge is 0.494 e. The third-order valence-electron chi connectivity index (χ3n) is 2.89. The summed E-state index contributed by atoms with van der Waals surface area (Å²) in [6.07, 6.45) is 0. The molecule has 1 heterocycles. The first-order chi connectivity index (χ1) is 8.47. The summed E-state index contributed by atoms with van der Waals surface area (Å²) in [6.45, 7) is 6.33. The Morgan fingerprint density at radius 1 is 1.28 bits per heavy atom. The number of aromatic nitrogens is 1. The van der Waals surface area contributed by atoms with Crippen molar-refractivity contribution in [2.24, 2.45) is 5.84 Å². The van der Waals surface area contributed by atoms with Crippen LogP contribution in [-0.4, -0.2) is 12.1 Å². The number of hydrogen-bond acceptors (Lipinski definition) is 4. The van der Waals surface area contributed by atoms with Crippen LogP contribution in [0.5, 0.6) is 5.75 Å². The summed E-state index contributed by atoms with van der Waals surface area (Å²) in [5, 5.41) is 1.01. The highest BCUT2D eigenvalue weighted by Crippen LogP contribution is 2.33. The fourth-order valence-electron chi connectivity index (χ4n) is 2.02. The molecule has 4 heteroatoms. The third kappa shape index (κ3) is 2.11. The van der Waals surface area contributed by atoms with Crippen molar-refractivity contribution in [3.8, 4) is 5.75 Å². The number of anilines is 1. The summed E-state index contributed by atoms with van der Waals surface area (Å²) in [6, 6.07) is 7.86. The highest BCUT2D eigenvalue weighted by atomic mass is 16.5. The molecule has 1 aromatic carbocycles. The number of hydrogen-bond donors (Lipinski definition) is 2. The molecule has 0 spiro atoms. The maximum absolute atomic E-state index is 5.59. The van der Waals surface area contributed by atoms with Gasteiger partial charge in [-0.1, -0.05) is 32.9 Å². The number of benzene rings is 1. The molecule has 0 saturated heterocycles. The average molecular weight is 245 g/mol. The topological polar surface area (TPSA) is 60.2 Å². The highest BCUT2D eigenvalue weighted by molar-refractivity contribution is 5.87. The van der Waals surface area contributed by atoms with Crippen LogP contribution in [-0.2, 0) is 5.41 Å². The van der Waals surface area contributed by atoms with Gasteiger partial charge in [-0.25, -0.2) is 4.98 Å². The summed E-state index contributed by atoms with van der Waals surface area (Å²) < 4.78 is 5.35. The van der Waals surface area contributed by atoms with Crippen molar-refractivity contribution in [3.63, 3.8) is 0 Å². The van der Waals surface area contributed by atoms with E-state index in [1.165, 1.54) is 0 Å². The molecule has 0 aliphatic heterocycles. The van der Waals surface area contributed by atoms with Crippen molar-refractivity contribution in [1.29, 1.82) is 0 Å². The molecule has 4 nitrogen and oxygen atoms in total. The van der Waals surface area contributed by atoms with Gasteiger partial charge in [0.25, 0.3) is 0 Å². The van der Waals surface area contributed by atoms with Crippen LogP contribution in [0.1, 0.15) is 26.5 Å². The molecule has 0 fully saturated rings. The monoisotopic (exact) mass is 245 g/mol. The number of nitrogen functional groups attached to an aromatic ring is 1. The van der Waals surface area contributed by atoms with Gasteiger partial charge in [0, 0.05) is 10.8 Å². The van der Waals surface area contributed by atoms with E-state index in [1.54, 1.807) is 7.11 Å². The number of hydrazine groups is 1. The zero-order valence-corrected chi connectivity index (χ0v) is 11.2. The van der Waals surface area contributed by atoms with E-state index in [9.17, 15) is 0 Å². The minimum Gasteiger partial charge on any atom is -0.494 e. The number of ether oxygens (including phenoxy) is 1.